The van der Waals surface area contributed by atoms with Gasteiger partial charge in [0.2, 0.25) is 0 Å². The third kappa shape index (κ3) is 5.73. The molecule has 1 heterocycles. The Bertz CT molecular complexity index is 757. The molecule has 1 fully saturated rings. The Balaban J connectivity index is 1.53. The number of methoxy groups -OCH3 is 1. The molecule has 0 aliphatic carbocycles. The summed E-state index contributed by atoms with van der Waals surface area (Å²) in [7, 11) is 1.64. The quantitative estimate of drug-likeness (QED) is 0.602. The van der Waals surface area contributed by atoms with Crippen molar-refractivity contribution in [2.24, 2.45) is 16.6 Å². The summed E-state index contributed by atoms with van der Waals surface area (Å²) in [4.78, 5) is 6.99. The van der Waals surface area contributed by atoms with E-state index in [1.54, 1.807) is 7.11 Å². The van der Waals surface area contributed by atoms with Gasteiger partial charge in [-0.25, -0.2) is 4.99 Å². The van der Waals surface area contributed by atoms with Crippen molar-refractivity contribution in [3.8, 4) is 5.75 Å². The Morgan fingerprint density at radius 3 is 2.67 bits per heavy atom. The molecule has 1 atom stereocenters. The molecule has 0 aromatic heterocycles. The molecule has 3 N–H and O–H groups in total. The number of hydrogen-bond acceptors (Lipinski definition) is 3. The standard InChI is InChI=1S/C22H30N4O/c1-17-6-5-13-26(15-17)16-19-11-9-18(10-12-19)14-24-22(23)25-20-7-3-4-8-21(20)27-2/h3-4,7-12,17H,5-6,13-16H2,1-2H3,(H3,23,24,25). The number of ether oxygens (including phenoxy) is 1. The highest BCUT2D eigenvalue weighted by Crippen LogP contribution is 2.22. The van der Waals surface area contributed by atoms with E-state index in [9.17, 15) is 0 Å². The highest BCUT2D eigenvalue weighted by molar-refractivity contribution is 5.93. The Hall–Kier alpha value is -2.53. The van der Waals surface area contributed by atoms with Crippen LogP contribution >= 0.6 is 0 Å². The molecule has 5 heteroatoms. The lowest BCUT2D eigenvalue weighted by atomic mass is 9.99. The number of piperidine rings is 1. The van der Waals surface area contributed by atoms with E-state index in [0.29, 0.717) is 12.5 Å². The first kappa shape index (κ1) is 19.2. The first-order chi connectivity index (χ1) is 13.1. The number of aliphatic imine (C=N–C) groups is 1. The average molecular weight is 367 g/mol. The Kier molecular flexibility index (Phi) is 6.71. The van der Waals surface area contributed by atoms with Gasteiger partial charge in [0.05, 0.1) is 19.3 Å². The van der Waals surface area contributed by atoms with E-state index in [-0.39, 0.29) is 0 Å². The highest BCUT2D eigenvalue weighted by Gasteiger charge is 2.16. The number of guanidine groups is 1. The summed E-state index contributed by atoms with van der Waals surface area (Å²) >= 11 is 0. The lowest BCUT2D eigenvalue weighted by Gasteiger charge is -2.30. The topological polar surface area (TPSA) is 62.9 Å². The van der Waals surface area contributed by atoms with Crippen LogP contribution in [0.15, 0.2) is 53.5 Å². The van der Waals surface area contributed by atoms with Crippen LogP contribution in [0.4, 0.5) is 5.69 Å². The zero-order valence-electron chi connectivity index (χ0n) is 16.3. The fourth-order valence-corrected chi connectivity index (χ4v) is 3.54. The predicted octanol–water partition coefficient (Wildman–Crippen LogP) is 3.85. The maximum atomic E-state index is 6.02. The predicted molar refractivity (Wildman–Crippen MR) is 112 cm³/mol. The summed E-state index contributed by atoms with van der Waals surface area (Å²) in [6.07, 6.45) is 2.67. The van der Waals surface area contributed by atoms with Crippen LogP contribution in [0.25, 0.3) is 0 Å². The molecule has 0 radical (unpaired) electrons. The van der Waals surface area contributed by atoms with Crippen LogP contribution in [-0.2, 0) is 13.1 Å². The normalized spacial score (nSPS) is 18.3. The van der Waals surface area contributed by atoms with Crippen molar-refractivity contribution < 1.29 is 4.74 Å². The maximum Gasteiger partial charge on any atom is 0.193 e. The van der Waals surface area contributed by atoms with Crippen molar-refractivity contribution in [3.63, 3.8) is 0 Å². The molecule has 1 unspecified atom stereocenters. The summed E-state index contributed by atoms with van der Waals surface area (Å²) in [5.41, 5.74) is 9.34. The van der Waals surface area contributed by atoms with Gasteiger partial charge in [-0.2, -0.15) is 0 Å². The minimum atomic E-state index is 0.380. The monoisotopic (exact) mass is 366 g/mol. The molecular formula is C22H30N4O. The zero-order valence-corrected chi connectivity index (χ0v) is 16.3. The van der Waals surface area contributed by atoms with Crippen LogP contribution in [0.3, 0.4) is 0 Å². The number of nitrogens with zero attached hydrogens (tertiary/aromatic N) is 2. The molecule has 3 rings (SSSR count). The fourth-order valence-electron chi connectivity index (χ4n) is 3.54. The van der Waals surface area contributed by atoms with Gasteiger partial charge in [-0.1, -0.05) is 43.3 Å². The summed E-state index contributed by atoms with van der Waals surface area (Å²) in [5.74, 6) is 1.93. The first-order valence-corrected chi connectivity index (χ1v) is 9.64. The van der Waals surface area contributed by atoms with Gasteiger partial charge in [-0.3, -0.25) is 4.90 Å². The van der Waals surface area contributed by atoms with Crippen molar-refractivity contribution in [2.75, 3.05) is 25.5 Å². The van der Waals surface area contributed by atoms with E-state index >= 15 is 0 Å². The second-order valence-electron chi connectivity index (χ2n) is 7.33. The van der Waals surface area contributed by atoms with Gasteiger partial charge >= 0.3 is 0 Å². The van der Waals surface area contributed by atoms with Crippen LogP contribution in [0, 0.1) is 5.92 Å². The van der Waals surface area contributed by atoms with E-state index in [0.717, 1.165) is 29.5 Å². The van der Waals surface area contributed by atoms with Gasteiger partial charge in [0.1, 0.15) is 5.75 Å². The van der Waals surface area contributed by atoms with E-state index in [4.69, 9.17) is 10.5 Å². The van der Waals surface area contributed by atoms with Crippen molar-refractivity contribution in [3.05, 3.63) is 59.7 Å². The first-order valence-electron chi connectivity index (χ1n) is 9.64. The molecule has 0 amide bonds. The van der Waals surface area contributed by atoms with Gasteiger partial charge in [0.25, 0.3) is 0 Å². The van der Waals surface area contributed by atoms with Crippen molar-refractivity contribution in [1.82, 2.24) is 4.90 Å². The minimum Gasteiger partial charge on any atom is -0.495 e. The second kappa shape index (κ2) is 9.42. The molecule has 0 spiro atoms. The number of hydrogen-bond donors (Lipinski definition) is 2. The third-order valence-electron chi connectivity index (χ3n) is 4.97. The molecule has 5 nitrogen and oxygen atoms in total. The summed E-state index contributed by atoms with van der Waals surface area (Å²) in [6, 6.07) is 16.3. The maximum absolute atomic E-state index is 6.02. The van der Waals surface area contributed by atoms with Crippen LogP contribution in [0.1, 0.15) is 30.9 Å². The number of nitrogens with one attached hydrogen (secondary N) is 1. The van der Waals surface area contributed by atoms with Gasteiger partial charge < -0.3 is 15.8 Å². The summed E-state index contributed by atoms with van der Waals surface area (Å²) in [5, 5.41) is 3.10. The number of benzene rings is 2. The lowest BCUT2D eigenvalue weighted by molar-refractivity contribution is 0.176. The van der Waals surface area contributed by atoms with Crippen LogP contribution < -0.4 is 15.8 Å². The number of anilines is 1. The smallest absolute Gasteiger partial charge is 0.193 e. The second-order valence-corrected chi connectivity index (χ2v) is 7.33. The van der Waals surface area contributed by atoms with Crippen LogP contribution in [0.2, 0.25) is 0 Å². The minimum absolute atomic E-state index is 0.380. The van der Waals surface area contributed by atoms with E-state index < -0.39 is 0 Å². The van der Waals surface area contributed by atoms with Gasteiger partial charge in [0.15, 0.2) is 5.96 Å². The molecule has 1 saturated heterocycles. The largest absolute Gasteiger partial charge is 0.495 e. The summed E-state index contributed by atoms with van der Waals surface area (Å²) < 4.78 is 5.31. The zero-order chi connectivity index (χ0) is 19.1. The molecule has 0 bridgehead atoms. The Morgan fingerprint density at radius 1 is 1.19 bits per heavy atom. The molecule has 144 valence electrons. The van der Waals surface area contributed by atoms with Gasteiger partial charge in [-0.05, 0) is 48.6 Å². The van der Waals surface area contributed by atoms with E-state index in [1.165, 1.54) is 31.5 Å². The lowest BCUT2D eigenvalue weighted by Crippen LogP contribution is -2.33. The number of likely N-dealkylation sites (tertiary alicyclic amines) is 1. The Morgan fingerprint density at radius 2 is 1.93 bits per heavy atom. The molecule has 2 aromatic rings. The average Bonchev–Trinajstić information content (AvgIpc) is 2.68. The van der Waals surface area contributed by atoms with Crippen molar-refractivity contribution >= 4 is 11.6 Å². The number of para-hydroxylation sites is 2. The highest BCUT2D eigenvalue weighted by atomic mass is 16.5. The SMILES string of the molecule is COc1ccccc1NC(N)=NCc1ccc(CN2CCCC(C)C2)cc1. The summed E-state index contributed by atoms with van der Waals surface area (Å²) in [6.45, 7) is 6.34. The molecule has 27 heavy (non-hydrogen) atoms. The molecule has 0 saturated carbocycles. The number of nitrogens with two attached hydrogens (primary N) is 1. The molecule has 1 aliphatic rings. The van der Waals surface area contributed by atoms with Crippen molar-refractivity contribution in [2.45, 2.75) is 32.9 Å². The van der Waals surface area contributed by atoms with Crippen LogP contribution in [0.5, 0.6) is 5.75 Å². The molecular weight excluding hydrogens is 336 g/mol. The van der Waals surface area contributed by atoms with Crippen molar-refractivity contribution in [1.29, 1.82) is 0 Å². The third-order valence-corrected chi connectivity index (χ3v) is 4.97. The fraction of sp³-hybridized carbons (Fsp3) is 0.409. The van der Waals surface area contributed by atoms with Gasteiger partial charge in [-0.15, -0.1) is 0 Å². The van der Waals surface area contributed by atoms with Gasteiger partial charge in [0, 0.05) is 13.1 Å². The number of rotatable bonds is 6. The Labute approximate surface area is 162 Å². The molecule has 1 aliphatic heterocycles. The van der Waals surface area contributed by atoms with E-state index in [1.807, 2.05) is 24.3 Å². The van der Waals surface area contributed by atoms with E-state index in [2.05, 4.69) is 46.4 Å². The van der Waals surface area contributed by atoms with Crippen LogP contribution in [-0.4, -0.2) is 31.1 Å². The molecule has 2 aromatic carbocycles.